The van der Waals surface area contributed by atoms with Gasteiger partial charge in [-0.25, -0.2) is 4.79 Å². The molecule has 1 aliphatic rings. The van der Waals surface area contributed by atoms with Crippen LogP contribution >= 0.6 is 34.5 Å². The maximum Gasteiger partial charge on any atom is 0.350 e. The van der Waals surface area contributed by atoms with E-state index in [0.717, 1.165) is 37.0 Å². The van der Waals surface area contributed by atoms with Gasteiger partial charge in [0.25, 0.3) is 5.91 Å². The van der Waals surface area contributed by atoms with E-state index in [0.29, 0.717) is 20.9 Å². The Morgan fingerprint density at radius 1 is 1.11 bits per heavy atom. The smallest absolute Gasteiger partial charge is 0.350 e. The van der Waals surface area contributed by atoms with Gasteiger partial charge in [-0.1, -0.05) is 55.3 Å². The summed E-state index contributed by atoms with van der Waals surface area (Å²) in [6.07, 6.45) is 7.87. The molecule has 152 valence electrons. The van der Waals surface area contributed by atoms with E-state index in [2.05, 4.69) is 5.32 Å². The molecule has 3 rings (SSSR count). The number of fused-ring (bicyclic) bond motifs is 1. The van der Waals surface area contributed by atoms with Crippen molar-refractivity contribution in [2.24, 2.45) is 0 Å². The lowest BCUT2D eigenvalue weighted by Gasteiger charge is -2.20. The largest absolute Gasteiger partial charge is 0.495 e. The standard InChI is InChI=1S/C20H23Cl2NO4S/c1-26-14-10-9-13-16(21)19(28-18(13)17(14)22)20(25)27-11-15(24)23-12-7-5-3-2-4-6-8-12/h9-10,12H,2-8,11H2,1H3,(H,23,24). The highest BCUT2D eigenvalue weighted by molar-refractivity contribution is 7.22. The van der Waals surface area contributed by atoms with E-state index in [1.54, 1.807) is 12.1 Å². The first kappa shape index (κ1) is 21.2. The van der Waals surface area contributed by atoms with Crippen molar-refractivity contribution in [1.82, 2.24) is 5.32 Å². The second kappa shape index (κ2) is 9.81. The monoisotopic (exact) mass is 443 g/mol. The highest BCUT2D eigenvalue weighted by atomic mass is 35.5. The Bertz CT molecular complexity index is 859. The van der Waals surface area contributed by atoms with Crippen LogP contribution in [0.4, 0.5) is 0 Å². The Balaban J connectivity index is 1.62. The van der Waals surface area contributed by atoms with Crippen molar-refractivity contribution in [1.29, 1.82) is 0 Å². The molecular weight excluding hydrogens is 421 g/mol. The first-order valence-corrected chi connectivity index (χ1v) is 11.0. The predicted molar refractivity (Wildman–Crippen MR) is 113 cm³/mol. The van der Waals surface area contributed by atoms with Gasteiger partial charge < -0.3 is 14.8 Å². The van der Waals surface area contributed by atoms with Gasteiger partial charge in [0.2, 0.25) is 0 Å². The molecule has 1 amide bonds. The number of thiophene rings is 1. The minimum atomic E-state index is -0.631. The molecule has 5 nitrogen and oxygen atoms in total. The summed E-state index contributed by atoms with van der Waals surface area (Å²) in [5.41, 5.74) is 0. The van der Waals surface area contributed by atoms with Gasteiger partial charge in [0.1, 0.15) is 15.6 Å². The quantitative estimate of drug-likeness (QED) is 0.610. The lowest BCUT2D eigenvalue weighted by atomic mass is 9.97. The first-order chi connectivity index (χ1) is 13.5. The van der Waals surface area contributed by atoms with Gasteiger partial charge in [-0.3, -0.25) is 4.79 Å². The fourth-order valence-corrected chi connectivity index (χ4v) is 5.22. The van der Waals surface area contributed by atoms with Crippen molar-refractivity contribution >= 4 is 56.5 Å². The number of amides is 1. The first-order valence-electron chi connectivity index (χ1n) is 9.42. The van der Waals surface area contributed by atoms with Crippen LogP contribution in [0.5, 0.6) is 5.75 Å². The number of benzene rings is 1. The van der Waals surface area contributed by atoms with Crippen LogP contribution in [0.25, 0.3) is 10.1 Å². The molecule has 0 atom stereocenters. The van der Waals surface area contributed by atoms with E-state index in [4.69, 9.17) is 32.7 Å². The van der Waals surface area contributed by atoms with Crippen molar-refractivity contribution in [3.63, 3.8) is 0 Å². The van der Waals surface area contributed by atoms with Crippen LogP contribution in [0.1, 0.15) is 54.6 Å². The Morgan fingerprint density at radius 2 is 1.79 bits per heavy atom. The summed E-state index contributed by atoms with van der Waals surface area (Å²) in [5, 5.41) is 4.30. The third-order valence-corrected chi connectivity index (χ3v) is 7.11. The van der Waals surface area contributed by atoms with E-state index in [1.807, 2.05) is 0 Å². The molecule has 1 saturated carbocycles. The number of carbonyl (C=O) groups is 2. The molecule has 1 N–H and O–H groups in total. The number of carbonyl (C=O) groups excluding carboxylic acids is 2. The minimum absolute atomic E-state index is 0.158. The summed E-state index contributed by atoms with van der Waals surface area (Å²) >= 11 is 13.8. The molecule has 0 bridgehead atoms. The number of nitrogens with one attached hydrogen (secondary N) is 1. The Labute approximate surface area is 178 Å². The van der Waals surface area contributed by atoms with Crippen molar-refractivity contribution in [2.75, 3.05) is 13.7 Å². The highest BCUT2D eigenvalue weighted by Crippen LogP contribution is 2.43. The van der Waals surface area contributed by atoms with Crippen molar-refractivity contribution in [3.8, 4) is 5.75 Å². The summed E-state index contributed by atoms with van der Waals surface area (Å²) in [6, 6.07) is 3.60. The number of halogens is 2. The normalized spacial score (nSPS) is 15.7. The maximum atomic E-state index is 12.4. The molecule has 1 fully saturated rings. The lowest BCUT2D eigenvalue weighted by Crippen LogP contribution is -2.38. The molecule has 0 saturated heterocycles. The summed E-state index contributed by atoms with van der Waals surface area (Å²) in [6.45, 7) is -0.322. The molecule has 2 aromatic rings. The average Bonchev–Trinajstić information content (AvgIpc) is 3.00. The molecular formula is C20H23Cl2NO4S. The van der Waals surface area contributed by atoms with Crippen LogP contribution in [0.15, 0.2) is 12.1 Å². The molecule has 1 aromatic carbocycles. The van der Waals surface area contributed by atoms with Crippen molar-refractivity contribution < 1.29 is 19.1 Å². The molecule has 1 heterocycles. The van der Waals surface area contributed by atoms with E-state index < -0.39 is 5.97 Å². The third kappa shape index (κ3) is 4.91. The molecule has 0 spiro atoms. The lowest BCUT2D eigenvalue weighted by molar-refractivity contribution is -0.125. The zero-order valence-electron chi connectivity index (χ0n) is 15.7. The van der Waals surface area contributed by atoms with Gasteiger partial charge in [-0.2, -0.15) is 0 Å². The molecule has 0 radical (unpaired) electrons. The van der Waals surface area contributed by atoms with Crippen LogP contribution in [-0.2, 0) is 9.53 Å². The van der Waals surface area contributed by atoms with Crippen molar-refractivity contribution in [2.45, 2.75) is 51.0 Å². The van der Waals surface area contributed by atoms with Gasteiger partial charge in [0.15, 0.2) is 6.61 Å². The van der Waals surface area contributed by atoms with Crippen LogP contribution in [0.3, 0.4) is 0 Å². The fourth-order valence-electron chi connectivity index (χ4n) is 3.44. The van der Waals surface area contributed by atoms with Gasteiger partial charge >= 0.3 is 5.97 Å². The van der Waals surface area contributed by atoms with Gasteiger partial charge in [0, 0.05) is 11.4 Å². The molecule has 1 aliphatic carbocycles. The highest BCUT2D eigenvalue weighted by Gasteiger charge is 2.22. The van der Waals surface area contributed by atoms with Crippen LogP contribution in [0.2, 0.25) is 10.0 Å². The van der Waals surface area contributed by atoms with Gasteiger partial charge in [-0.15, -0.1) is 11.3 Å². The van der Waals surface area contributed by atoms with Gasteiger partial charge in [-0.05, 0) is 25.0 Å². The SMILES string of the molecule is COc1ccc2c(Cl)c(C(=O)OCC(=O)NC3CCCCCCC3)sc2c1Cl. The van der Waals surface area contributed by atoms with Gasteiger partial charge in [0.05, 0.1) is 16.8 Å². The summed E-state index contributed by atoms with van der Waals surface area (Å²) in [4.78, 5) is 24.9. The molecule has 28 heavy (non-hydrogen) atoms. The number of ether oxygens (including phenoxy) is 2. The second-order valence-corrected chi connectivity index (χ2v) is 8.67. The summed E-state index contributed by atoms with van der Waals surface area (Å²) < 4.78 is 11.0. The summed E-state index contributed by atoms with van der Waals surface area (Å²) in [7, 11) is 1.52. The topological polar surface area (TPSA) is 64.6 Å². The Hall–Kier alpha value is -1.50. The summed E-state index contributed by atoms with van der Waals surface area (Å²) in [5.74, 6) is -0.407. The second-order valence-electron chi connectivity index (χ2n) is 6.89. The Kier molecular flexibility index (Phi) is 7.43. The predicted octanol–water partition coefficient (Wildman–Crippen LogP) is 5.60. The molecule has 0 unspecified atom stereocenters. The van der Waals surface area contributed by atoms with E-state index >= 15 is 0 Å². The zero-order chi connectivity index (χ0) is 20.1. The van der Waals surface area contributed by atoms with E-state index in [1.165, 1.54) is 26.4 Å². The zero-order valence-corrected chi connectivity index (χ0v) is 18.0. The van der Waals surface area contributed by atoms with E-state index in [9.17, 15) is 9.59 Å². The van der Waals surface area contributed by atoms with Crippen molar-refractivity contribution in [3.05, 3.63) is 27.1 Å². The van der Waals surface area contributed by atoms with E-state index in [-0.39, 0.29) is 28.5 Å². The minimum Gasteiger partial charge on any atom is -0.495 e. The van der Waals surface area contributed by atoms with Crippen LogP contribution in [0, 0.1) is 0 Å². The third-order valence-electron chi connectivity index (χ3n) is 4.91. The number of hydrogen-bond acceptors (Lipinski definition) is 5. The fraction of sp³-hybridized carbons (Fsp3) is 0.500. The van der Waals surface area contributed by atoms with Crippen LogP contribution in [-0.4, -0.2) is 31.6 Å². The molecule has 1 aromatic heterocycles. The maximum absolute atomic E-state index is 12.4. The Morgan fingerprint density at radius 3 is 2.46 bits per heavy atom. The van der Waals surface area contributed by atoms with Crippen LogP contribution < -0.4 is 10.1 Å². The number of rotatable bonds is 5. The number of hydrogen-bond donors (Lipinski definition) is 1. The number of esters is 1. The molecule has 8 heteroatoms. The molecule has 0 aliphatic heterocycles. The average molecular weight is 444 g/mol. The number of methoxy groups -OCH3 is 1.